The van der Waals surface area contributed by atoms with Crippen LogP contribution in [-0.2, 0) is 5.54 Å². The third-order valence-electron chi connectivity index (χ3n) is 3.93. The molecule has 1 amide bonds. The monoisotopic (exact) mass is 387 g/mol. The molecule has 2 aromatic rings. The number of anilines is 1. The first-order valence-electron chi connectivity index (χ1n) is 8.01. The minimum absolute atomic E-state index is 0.111. The average Bonchev–Trinajstić information content (AvgIpc) is 2.62. The zero-order valence-electron chi connectivity index (χ0n) is 15.0. The first-order chi connectivity index (χ1) is 12.8. The summed E-state index contributed by atoms with van der Waals surface area (Å²) in [5.41, 5.74) is 5.74. The van der Waals surface area contributed by atoms with Gasteiger partial charge in [0.25, 0.3) is 5.91 Å². The lowest BCUT2D eigenvalue weighted by Gasteiger charge is -2.27. The molecule has 0 bridgehead atoms. The molecule has 140 valence electrons. The van der Waals surface area contributed by atoms with Crippen molar-refractivity contribution in [3.05, 3.63) is 58.6 Å². The van der Waals surface area contributed by atoms with Crippen LogP contribution in [0.25, 0.3) is 0 Å². The predicted octanol–water partition coefficient (Wildman–Crippen LogP) is 3.06. The van der Waals surface area contributed by atoms with E-state index in [1.165, 1.54) is 43.4 Å². The van der Waals surface area contributed by atoms with Crippen molar-refractivity contribution in [1.82, 2.24) is 9.97 Å². The summed E-state index contributed by atoms with van der Waals surface area (Å²) >= 11 is 1.33. The van der Waals surface area contributed by atoms with Crippen LogP contribution in [0, 0.1) is 5.82 Å². The topological polar surface area (TPSA) is 102 Å². The number of thioether (sulfide) groups is 1. The quantitative estimate of drug-likeness (QED) is 0.836. The van der Waals surface area contributed by atoms with Gasteiger partial charge in [0.1, 0.15) is 17.1 Å². The van der Waals surface area contributed by atoms with Crippen LogP contribution in [-0.4, -0.2) is 28.2 Å². The van der Waals surface area contributed by atoms with Gasteiger partial charge in [-0.2, -0.15) is 0 Å². The Balaban J connectivity index is 1.89. The van der Waals surface area contributed by atoms with Crippen molar-refractivity contribution >= 4 is 28.5 Å². The van der Waals surface area contributed by atoms with Gasteiger partial charge in [0.2, 0.25) is 5.88 Å². The van der Waals surface area contributed by atoms with E-state index >= 15 is 0 Å². The van der Waals surface area contributed by atoms with Crippen molar-refractivity contribution in [3.8, 4) is 5.88 Å². The summed E-state index contributed by atoms with van der Waals surface area (Å²) in [6.07, 6.45) is 4.49. The van der Waals surface area contributed by atoms with Crippen molar-refractivity contribution in [2.45, 2.75) is 19.4 Å². The first kappa shape index (κ1) is 18.8. The fourth-order valence-corrected chi connectivity index (χ4v) is 3.59. The minimum Gasteiger partial charge on any atom is -0.480 e. The van der Waals surface area contributed by atoms with Gasteiger partial charge < -0.3 is 15.8 Å². The number of amides is 1. The van der Waals surface area contributed by atoms with Crippen LogP contribution in [0.3, 0.4) is 0 Å². The number of hydrogen-bond acceptors (Lipinski definition) is 7. The summed E-state index contributed by atoms with van der Waals surface area (Å²) in [5, 5.41) is 3.05. The number of allylic oxidation sites excluding steroid dienone is 1. The number of aliphatic imine (C=N–C) groups is 1. The van der Waals surface area contributed by atoms with Crippen LogP contribution < -0.4 is 15.8 Å². The molecule has 9 heteroatoms. The maximum absolute atomic E-state index is 14.5. The molecule has 3 rings (SSSR count). The number of nitrogens with zero attached hydrogens (tertiary/aromatic N) is 3. The number of ether oxygens (including phenoxy) is 1. The fourth-order valence-electron chi connectivity index (χ4n) is 2.74. The van der Waals surface area contributed by atoms with E-state index in [1.54, 1.807) is 13.0 Å². The van der Waals surface area contributed by atoms with E-state index in [0.717, 1.165) is 4.91 Å². The number of amidine groups is 1. The van der Waals surface area contributed by atoms with Crippen LogP contribution in [0.2, 0.25) is 0 Å². The van der Waals surface area contributed by atoms with Crippen LogP contribution >= 0.6 is 11.8 Å². The molecule has 0 aliphatic carbocycles. The van der Waals surface area contributed by atoms with Gasteiger partial charge in [-0.3, -0.25) is 4.79 Å². The standard InChI is InChI=1S/C18H18FN5O2S/c1-10-7-18(2,24-17(20)27-10)12-6-11(4-5-13(12)19)23-16(25)14-8-22-15(26-3)9-21-14/h4-9H,1-3H3,(H2,20,24)(H,23,25). The first-order valence-corrected chi connectivity index (χ1v) is 8.82. The van der Waals surface area contributed by atoms with Crippen LogP contribution in [0.15, 0.2) is 46.6 Å². The number of benzene rings is 1. The number of halogens is 1. The number of nitrogens with two attached hydrogens (primary N) is 1. The van der Waals surface area contributed by atoms with Crippen molar-refractivity contribution in [2.75, 3.05) is 12.4 Å². The zero-order chi connectivity index (χ0) is 19.6. The smallest absolute Gasteiger partial charge is 0.275 e. The lowest BCUT2D eigenvalue weighted by molar-refractivity contribution is 0.102. The number of carbonyl (C=O) groups excluding carboxylic acids is 1. The van der Waals surface area contributed by atoms with E-state index in [1.807, 2.05) is 13.0 Å². The molecular weight excluding hydrogens is 369 g/mol. The molecule has 1 unspecified atom stereocenters. The Labute approximate surface area is 160 Å². The van der Waals surface area contributed by atoms with Crippen molar-refractivity contribution in [3.63, 3.8) is 0 Å². The number of carbonyl (C=O) groups is 1. The van der Waals surface area contributed by atoms with Gasteiger partial charge in [-0.15, -0.1) is 0 Å². The van der Waals surface area contributed by atoms with Gasteiger partial charge in [-0.1, -0.05) is 11.8 Å². The average molecular weight is 387 g/mol. The lowest BCUT2D eigenvalue weighted by Crippen LogP contribution is -2.26. The van der Waals surface area contributed by atoms with E-state index in [4.69, 9.17) is 10.5 Å². The Morgan fingerprint density at radius 3 is 2.74 bits per heavy atom. The molecule has 7 nitrogen and oxygen atoms in total. The molecule has 0 saturated heterocycles. The van der Waals surface area contributed by atoms with Crippen LogP contribution in [0.5, 0.6) is 5.88 Å². The van der Waals surface area contributed by atoms with Gasteiger partial charge in [-0.25, -0.2) is 19.4 Å². The third kappa shape index (κ3) is 4.08. The minimum atomic E-state index is -0.954. The zero-order valence-corrected chi connectivity index (χ0v) is 15.8. The summed E-state index contributed by atoms with van der Waals surface area (Å²) < 4.78 is 19.4. The van der Waals surface area contributed by atoms with E-state index in [9.17, 15) is 9.18 Å². The van der Waals surface area contributed by atoms with Crippen LogP contribution in [0.4, 0.5) is 10.1 Å². The van der Waals surface area contributed by atoms with Crippen molar-refractivity contribution in [1.29, 1.82) is 0 Å². The maximum atomic E-state index is 14.5. The Kier molecular flexibility index (Phi) is 5.13. The highest BCUT2D eigenvalue weighted by atomic mass is 32.2. The summed E-state index contributed by atoms with van der Waals surface area (Å²) in [7, 11) is 1.46. The van der Waals surface area contributed by atoms with E-state index in [-0.39, 0.29) is 5.69 Å². The number of nitrogens with one attached hydrogen (secondary N) is 1. The van der Waals surface area contributed by atoms with Gasteiger partial charge in [-0.05, 0) is 43.0 Å². The molecule has 1 aliphatic heterocycles. The highest BCUT2D eigenvalue weighted by Gasteiger charge is 2.30. The summed E-state index contributed by atoms with van der Waals surface area (Å²) in [4.78, 5) is 25.6. The molecular formula is C18H18FN5O2S. The summed E-state index contributed by atoms with van der Waals surface area (Å²) in [6.45, 7) is 3.65. The van der Waals surface area contributed by atoms with E-state index in [2.05, 4.69) is 20.3 Å². The molecule has 1 atom stereocenters. The number of aromatic nitrogens is 2. The number of rotatable bonds is 4. The predicted molar refractivity (Wildman–Crippen MR) is 103 cm³/mol. The summed E-state index contributed by atoms with van der Waals surface area (Å²) in [5.74, 6) is -0.606. The molecule has 0 fully saturated rings. The molecule has 0 saturated carbocycles. The Morgan fingerprint density at radius 1 is 1.33 bits per heavy atom. The third-order valence-corrected chi connectivity index (χ3v) is 4.67. The second kappa shape index (κ2) is 7.36. The number of hydrogen-bond donors (Lipinski definition) is 2. The highest BCUT2D eigenvalue weighted by molar-refractivity contribution is 8.17. The maximum Gasteiger partial charge on any atom is 0.275 e. The Hall–Kier alpha value is -2.94. The normalized spacial score (nSPS) is 19.1. The number of methoxy groups -OCH3 is 1. The van der Waals surface area contributed by atoms with Crippen LogP contribution in [0.1, 0.15) is 29.9 Å². The largest absolute Gasteiger partial charge is 0.480 e. The second-order valence-electron chi connectivity index (χ2n) is 6.05. The fraction of sp³-hybridized carbons (Fsp3) is 0.222. The van der Waals surface area contributed by atoms with Gasteiger partial charge in [0, 0.05) is 11.3 Å². The van der Waals surface area contributed by atoms with E-state index in [0.29, 0.717) is 22.3 Å². The Bertz CT molecular complexity index is 925. The van der Waals surface area contributed by atoms with E-state index < -0.39 is 17.3 Å². The second-order valence-corrected chi connectivity index (χ2v) is 7.31. The molecule has 27 heavy (non-hydrogen) atoms. The van der Waals surface area contributed by atoms with Crippen molar-refractivity contribution < 1.29 is 13.9 Å². The van der Waals surface area contributed by atoms with Crippen molar-refractivity contribution in [2.24, 2.45) is 10.7 Å². The van der Waals surface area contributed by atoms with Gasteiger partial charge >= 0.3 is 0 Å². The Morgan fingerprint density at radius 2 is 2.11 bits per heavy atom. The molecule has 3 N–H and O–H groups in total. The SMILES string of the molecule is COc1cnc(C(=O)Nc2ccc(F)c(C3(C)C=C(C)SC(N)=N3)c2)cn1. The summed E-state index contributed by atoms with van der Waals surface area (Å²) in [6, 6.07) is 4.30. The van der Waals surface area contributed by atoms with Gasteiger partial charge in [0.15, 0.2) is 5.17 Å². The van der Waals surface area contributed by atoms with Gasteiger partial charge in [0.05, 0.1) is 19.5 Å². The highest BCUT2D eigenvalue weighted by Crippen LogP contribution is 2.38. The molecule has 0 radical (unpaired) electrons. The molecule has 0 spiro atoms. The molecule has 2 heterocycles. The molecule has 1 aliphatic rings. The molecule has 1 aromatic heterocycles. The lowest BCUT2D eigenvalue weighted by atomic mass is 9.91. The molecule has 1 aromatic carbocycles.